The van der Waals surface area contributed by atoms with Crippen molar-refractivity contribution in [2.24, 2.45) is 5.73 Å². The second-order valence-electron chi connectivity index (χ2n) is 2.90. The number of nitrogens with two attached hydrogens (primary N) is 1. The maximum Gasteiger partial charge on any atom is 0.303 e. The Kier molecular flexibility index (Phi) is 2.84. The fourth-order valence-electron chi connectivity index (χ4n) is 1.11. The van der Waals surface area contributed by atoms with E-state index in [-0.39, 0.29) is 24.3 Å². The molecule has 70 valence electrons. The Balaban J connectivity index is 2.54. The molecule has 3 N–H and O–H groups in total. The van der Waals surface area contributed by atoms with Crippen molar-refractivity contribution in [3.63, 3.8) is 0 Å². The van der Waals surface area contributed by atoms with Crippen LogP contribution in [0.15, 0.2) is 23.4 Å². The van der Waals surface area contributed by atoms with Crippen LogP contribution in [0.25, 0.3) is 0 Å². The molecule has 0 aromatic carbocycles. The Bertz CT molecular complexity index is 302. The largest absolute Gasteiger partial charge is 0.481 e. The number of ketones is 1. The minimum absolute atomic E-state index is 0.0732. The first-order chi connectivity index (χ1) is 6.09. The lowest BCUT2D eigenvalue weighted by Gasteiger charge is -2.08. The Hall–Kier alpha value is -1.58. The lowest BCUT2D eigenvalue weighted by molar-refractivity contribution is -0.136. The van der Waals surface area contributed by atoms with Gasteiger partial charge in [0.15, 0.2) is 5.78 Å². The van der Waals surface area contributed by atoms with Crippen LogP contribution in [0.4, 0.5) is 0 Å². The zero-order chi connectivity index (χ0) is 9.84. The van der Waals surface area contributed by atoms with Crippen LogP contribution in [0.3, 0.4) is 0 Å². The summed E-state index contributed by atoms with van der Waals surface area (Å²) in [6, 6.07) is 0. The summed E-state index contributed by atoms with van der Waals surface area (Å²) in [6.45, 7) is 0. The van der Waals surface area contributed by atoms with Crippen LogP contribution in [0.1, 0.15) is 19.3 Å². The van der Waals surface area contributed by atoms with Gasteiger partial charge in [0.25, 0.3) is 0 Å². The summed E-state index contributed by atoms with van der Waals surface area (Å²) in [5.74, 6) is -0.941. The smallest absolute Gasteiger partial charge is 0.303 e. The maximum absolute atomic E-state index is 10.9. The standard InChI is InChI=1S/C9H11NO3/c10-7-5-6(1-3-8(7)11)2-4-9(12)13/h1,5H,2-4,10H2,(H,12,13). The third-order valence-electron chi connectivity index (χ3n) is 1.84. The molecule has 0 fully saturated rings. The molecule has 1 aliphatic carbocycles. The van der Waals surface area contributed by atoms with Gasteiger partial charge in [-0.3, -0.25) is 9.59 Å². The van der Waals surface area contributed by atoms with Crippen LogP contribution >= 0.6 is 0 Å². The number of carboxylic acids is 1. The summed E-state index contributed by atoms with van der Waals surface area (Å²) in [5, 5.41) is 8.42. The van der Waals surface area contributed by atoms with Gasteiger partial charge in [0.1, 0.15) is 0 Å². The van der Waals surface area contributed by atoms with Gasteiger partial charge in [-0.15, -0.1) is 0 Å². The van der Waals surface area contributed by atoms with Crippen molar-refractivity contribution in [2.75, 3.05) is 0 Å². The van der Waals surface area contributed by atoms with Crippen molar-refractivity contribution < 1.29 is 14.7 Å². The van der Waals surface area contributed by atoms with Crippen LogP contribution < -0.4 is 5.73 Å². The molecule has 0 aromatic rings. The molecule has 0 unspecified atom stereocenters. The number of rotatable bonds is 3. The number of carbonyl (C=O) groups is 2. The highest BCUT2D eigenvalue weighted by atomic mass is 16.4. The molecule has 0 saturated heterocycles. The molecule has 0 bridgehead atoms. The number of carbonyl (C=O) groups excluding carboxylic acids is 1. The summed E-state index contributed by atoms with van der Waals surface area (Å²) in [7, 11) is 0. The van der Waals surface area contributed by atoms with Crippen LogP contribution in [0, 0.1) is 0 Å². The number of aliphatic carboxylic acids is 1. The maximum atomic E-state index is 10.9. The zero-order valence-electron chi connectivity index (χ0n) is 7.12. The van der Waals surface area contributed by atoms with E-state index in [4.69, 9.17) is 10.8 Å². The van der Waals surface area contributed by atoms with E-state index < -0.39 is 5.97 Å². The number of carboxylic acid groups (broad SMARTS) is 1. The average molecular weight is 181 g/mol. The molecular weight excluding hydrogens is 170 g/mol. The van der Waals surface area contributed by atoms with Gasteiger partial charge in [-0.25, -0.2) is 0 Å². The second-order valence-corrected chi connectivity index (χ2v) is 2.90. The molecule has 1 aliphatic rings. The minimum Gasteiger partial charge on any atom is -0.481 e. The van der Waals surface area contributed by atoms with Gasteiger partial charge in [0, 0.05) is 12.8 Å². The second kappa shape index (κ2) is 3.89. The molecule has 0 aromatic heterocycles. The molecule has 0 spiro atoms. The monoisotopic (exact) mass is 181 g/mol. The molecule has 0 aliphatic heterocycles. The third kappa shape index (κ3) is 2.74. The summed E-state index contributed by atoms with van der Waals surface area (Å²) >= 11 is 0. The molecule has 0 amide bonds. The van der Waals surface area contributed by atoms with Crippen molar-refractivity contribution >= 4 is 11.8 Å². The van der Waals surface area contributed by atoms with Gasteiger partial charge < -0.3 is 10.8 Å². The van der Waals surface area contributed by atoms with Crippen molar-refractivity contribution in [3.05, 3.63) is 23.4 Å². The molecule has 0 radical (unpaired) electrons. The average Bonchev–Trinajstić information content (AvgIpc) is 2.07. The fraction of sp³-hybridized carbons (Fsp3) is 0.333. The van der Waals surface area contributed by atoms with Crippen molar-refractivity contribution in [3.8, 4) is 0 Å². The van der Waals surface area contributed by atoms with Crippen molar-refractivity contribution in [2.45, 2.75) is 19.3 Å². The van der Waals surface area contributed by atoms with E-state index in [1.807, 2.05) is 0 Å². The van der Waals surface area contributed by atoms with E-state index >= 15 is 0 Å². The van der Waals surface area contributed by atoms with E-state index in [0.29, 0.717) is 6.42 Å². The summed E-state index contributed by atoms with van der Waals surface area (Å²) in [5.41, 5.74) is 6.46. The van der Waals surface area contributed by atoms with Crippen LogP contribution in [0.5, 0.6) is 0 Å². The Morgan fingerprint density at radius 2 is 2.31 bits per heavy atom. The first-order valence-electron chi connectivity index (χ1n) is 4.01. The van der Waals surface area contributed by atoms with Gasteiger partial charge in [0.2, 0.25) is 0 Å². The molecule has 4 nitrogen and oxygen atoms in total. The highest BCUT2D eigenvalue weighted by Gasteiger charge is 2.11. The molecule has 1 rings (SSSR count). The fourth-order valence-corrected chi connectivity index (χ4v) is 1.11. The van der Waals surface area contributed by atoms with Gasteiger partial charge in [-0.2, -0.15) is 0 Å². The Morgan fingerprint density at radius 1 is 1.62 bits per heavy atom. The normalized spacial score (nSPS) is 16.5. The number of hydrogen-bond acceptors (Lipinski definition) is 3. The lowest BCUT2D eigenvalue weighted by atomic mass is 10.00. The van der Waals surface area contributed by atoms with Gasteiger partial charge in [0.05, 0.1) is 5.70 Å². The highest BCUT2D eigenvalue weighted by molar-refractivity contribution is 5.97. The third-order valence-corrected chi connectivity index (χ3v) is 1.84. The summed E-state index contributed by atoms with van der Waals surface area (Å²) in [6.07, 6.45) is 4.07. The van der Waals surface area contributed by atoms with Gasteiger partial charge in [-0.05, 0) is 18.1 Å². The quantitative estimate of drug-likeness (QED) is 0.667. The predicted molar refractivity (Wildman–Crippen MR) is 46.8 cm³/mol. The van der Waals surface area contributed by atoms with E-state index in [1.54, 1.807) is 12.2 Å². The zero-order valence-corrected chi connectivity index (χ0v) is 7.12. The van der Waals surface area contributed by atoms with E-state index in [2.05, 4.69) is 0 Å². The lowest BCUT2D eigenvalue weighted by Crippen LogP contribution is -2.14. The van der Waals surface area contributed by atoms with Gasteiger partial charge in [-0.1, -0.05) is 6.08 Å². The van der Waals surface area contributed by atoms with Crippen LogP contribution in [0.2, 0.25) is 0 Å². The van der Waals surface area contributed by atoms with Crippen LogP contribution in [-0.2, 0) is 9.59 Å². The molecule has 13 heavy (non-hydrogen) atoms. The molecule has 0 saturated carbocycles. The Morgan fingerprint density at radius 3 is 2.85 bits per heavy atom. The first-order valence-corrected chi connectivity index (χ1v) is 4.01. The van der Waals surface area contributed by atoms with E-state index in [1.165, 1.54) is 0 Å². The molecule has 0 heterocycles. The molecule has 0 atom stereocenters. The van der Waals surface area contributed by atoms with Gasteiger partial charge >= 0.3 is 5.97 Å². The summed E-state index contributed by atoms with van der Waals surface area (Å²) in [4.78, 5) is 21.2. The predicted octanol–water partition coefficient (Wildman–Crippen LogP) is 0.593. The topological polar surface area (TPSA) is 80.4 Å². The van der Waals surface area contributed by atoms with Crippen molar-refractivity contribution in [1.82, 2.24) is 0 Å². The SMILES string of the molecule is NC1=CC(CCC(=O)O)=CCC1=O. The highest BCUT2D eigenvalue weighted by Crippen LogP contribution is 2.15. The van der Waals surface area contributed by atoms with E-state index in [0.717, 1.165) is 5.57 Å². The number of Topliss-reactive ketones (excluding diaryl/α,β-unsaturated/α-hetero) is 1. The first kappa shape index (κ1) is 9.51. The number of hydrogen-bond donors (Lipinski definition) is 2. The van der Waals surface area contributed by atoms with Crippen molar-refractivity contribution in [1.29, 1.82) is 0 Å². The number of allylic oxidation sites excluding steroid dienone is 4. The van der Waals surface area contributed by atoms with Crippen LogP contribution in [-0.4, -0.2) is 16.9 Å². The molecule has 4 heteroatoms. The Labute approximate surface area is 75.7 Å². The minimum atomic E-state index is -0.843. The summed E-state index contributed by atoms with van der Waals surface area (Å²) < 4.78 is 0. The molecular formula is C9H11NO3. The van der Waals surface area contributed by atoms with E-state index in [9.17, 15) is 9.59 Å².